The van der Waals surface area contributed by atoms with E-state index < -0.39 is 5.92 Å². The van der Waals surface area contributed by atoms with Crippen molar-refractivity contribution in [3.05, 3.63) is 6.92 Å². The Hall–Kier alpha value is -0.220. The Bertz CT molecular complexity index is 118. The van der Waals surface area contributed by atoms with E-state index in [2.05, 4.69) is 6.92 Å². The molecule has 1 fully saturated rings. The third-order valence-corrected chi connectivity index (χ3v) is 1.56. The monoisotopic (exact) mass is 164 g/mol. The molecular weight excluding hydrogens is 152 g/mol. The quantitative estimate of drug-likeness (QED) is 0.598. The van der Waals surface area contributed by atoms with Crippen molar-refractivity contribution in [2.75, 3.05) is 32.8 Å². The van der Waals surface area contributed by atoms with Gasteiger partial charge in [0.2, 0.25) is 0 Å². The second-order valence-corrected chi connectivity index (χ2v) is 2.74. The molecule has 0 amide bonds. The summed E-state index contributed by atoms with van der Waals surface area (Å²) in [6, 6.07) is 0. The van der Waals surface area contributed by atoms with Gasteiger partial charge in [0, 0.05) is 20.0 Å². The molecule has 0 bridgehead atoms. The Morgan fingerprint density at radius 3 is 2.36 bits per heavy atom. The van der Waals surface area contributed by atoms with Crippen molar-refractivity contribution in [3.63, 3.8) is 0 Å². The van der Waals surface area contributed by atoms with Crippen molar-refractivity contribution < 1.29 is 13.5 Å². The smallest absolute Gasteiger partial charge is 0.260 e. The van der Waals surface area contributed by atoms with Crippen molar-refractivity contribution in [1.29, 1.82) is 0 Å². The number of rotatable bonds is 2. The van der Waals surface area contributed by atoms with Gasteiger partial charge in [0.05, 0.1) is 19.8 Å². The van der Waals surface area contributed by atoms with E-state index in [9.17, 15) is 8.78 Å². The van der Waals surface area contributed by atoms with E-state index in [-0.39, 0.29) is 6.54 Å². The van der Waals surface area contributed by atoms with Gasteiger partial charge in [-0.2, -0.15) is 0 Å². The minimum Gasteiger partial charge on any atom is -0.379 e. The molecule has 0 saturated carbocycles. The van der Waals surface area contributed by atoms with Crippen LogP contribution in [0.3, 0.4) is 0 Å². The fourth-order valence-corrected chi connectivity index (χ4v) is 1.09. The van der Waals surface area contributed by atoms with Crippen LogP contribution in [0.15, 0.2) is 0 Å². The Balaban J connectivity index is 2.24. The standard InChI is InChI=1S/C7H12F2NO/c1-7(8,9)6-10-2-4-11-5-3-10/h1-6H2. The topological polar surface area (TPSA) is 12.5 Å². The van der Waals surface area contributed by atoms with E-state index in [4.69, 9.17) is 4.74 Å². The van der Waals surface area contributed by atoms with Crippen LogP contribution >= 0.6 is 0 Å². The fraction of sp³-hybridized carbons (Fsp3) is 0.857. The molecule has 0 aliphatic carbocycles. The minimum atomic E-state index is -2.82. The number of hydrogen-bond acceptors (Lipinski definition) is 2. The molecule has 0 aromatic carbocycles. The summed E-state index contributed by atoms with van der Waals surface area (Å²) in [6.45, 7) is 4.78. The molecule has 0 unspecified atom stereocenters. The third kappa shape index (κ3) is 3.62. The summed E-state index contributed by atoms with van der Waals surface area (Å²) in [5, 5.41) is 0. The van der Waals surface area contributed by atoms with E-state index in [1.807, 2.05) is 0 Å². The van der Waals surface area contributed by atoms with E-state index >= 15 is 0 Å². The lowest BCUT2D eigenvalue weighted by Gasteiger charge is -2.28. The van der Waals surface area contributed by atoms with Gasteiger partial charge in [0.25, 0.3) is 5.92 Å². The summed E-state index contributed by atoms with van der Waals surface area (Å²) in [5.41, 5.74) is 0. The van der Waals surface area contributed by atoms with Crippen LogP contribution in [0.2, 0.25) is 0 Å². The molecule has 0 spiro atoms. The maximum Gasteiger partial charge on any atom is 0.260 e. The first-order valence-electron chi connectivity index (χ1n) is 3.61. The van der Waals surface area contributed by atoms with Crippen LogP contribution in [0.25, 0.3) is 0 Å². The SMILES string of the molecule is [CH2]C(F)(F)CN1CCOCC1. The van der Waals surface area contributed by atoms with Crippen molar-refractivity contribution in [2.24, 2.45) is 0 Å². The molecule has 2 nitrogen and oxygen atoms in total. The number of alkyl halides is 2. The van der Waals surface area contributed by atoms with Gasteiger partial charge in [-0.1, -0.05) is 0 Å². The highest BCUT2D eigenvalue weighted by Gasteiger charge is 2.26. The largest absolute Gasteiger partial charge is 0.379 e. The maximum absolute atomic E-state index is 12.3. The van der Waals surface area contributed by atoms with Crippen molar-refractivity contribution in [2.45, 2.75) is 5.92 Å². The molecule has 1 saturated heterocycles. The van der Waals surface area contributed by atoms with Gasteiger partial charge in [-0.3, -0.25) is 4.90 Å². The van der Waals surface area contributed by atoms with Gasteiger partial charge in [-0.15, -0.1) is 0 Å². The number of halogens is 2. The summed E-state index contributed by atoms with van der Waals surface area (Å²) in [6.07, 6.45) is 0. The van der Waals surface area contributed by atoms with Gasteiger partial charge in [-0.25, -0.2) is 8.78 Å². The third-order valence-electron chi connectivity index (χ3n) is 1.56. The van der Waals surface area contributed by atoms with Crippen molar-refractivity contribution in [3.8, 4) is 0 Å². The van der Waals surface area contributed by atoms with Crippen LogP contribution in [-0.2, 0) is 4.74 Å². The molecule has 1 aliphatic rings. The van der Waals surface area contributed by atoms with Crippen molar-refractivity contribution in [1.82, 2.24) is 4.90 Å². The first-order chi connectivity index (χ1) is 5.08. The van der Waals surface area contributed by atoms with Gasteiger partial charge in [0.15, 0.2) is 0 Å². The zero-order valence-corrected chi connectivity index (χ0v) is 6.35. The summed E-state index contributed by atoms with van der Waals surface area (Å²) >= 11 is 0. The highest BCUT2D eigenvalue weighted by Crippen LogP contribution is 2.13. The summed E-state index contributed by atoms with van der Waals surface area (Å²) < 4.78 is 29.6. The fourth-order valence-electron chi connectivity index (χ4n) is 1.09. The molecule has 1 heterocycles. The molecule has 0 N–H and O–H groups in total. The lowest BCUT2D eigenvalue weighted by Crippen LogP contribution is -2.42. The second-order valence-electron chi connectivity index (χ2n) is 2.74. The highest BCUT2D eigenvalue weighted by atomic mass is 19.3. The first kappa shape index (κ1) is 8.87. The molecule has 1 radical (unpaired) electrons. The van der Waals surface area contributed by atoms with Crippen LogP contribution in [0.1, 0.15) is 0 Å². The van der Waals surface area contributed by atoms with Gasteiger partial charge >= 0.3 is 0 Å². The summed E-state index contributed by atoms with van der Waals surface area (Å²) in [5.74, 6) is -2.82. The number of morpholine rings is 1. The van der Waals surface area contributed by atoms with Crippen molar-refractivity contribution >= 4 is 0 Å². The lowest BCUT2D eigenvalue weighted by molar-refractivity contribution is -0.0285. The molecule has 0 aromatic heterocycles. The van der Waals surface area contributed by atoms with E-state index in [0.717, 1.165) is 0 Å². The highest BCUT2D eigenvalue weighted by molar-refractivity contribution is 4.75. The van der Waals surface area contributed by atoms with Crippen LogP contribution < -0.4 is 0 Å². The Morgan fingerprint density at radius 1 is 1.36 bits per heavy atom. The Labute approximate surface area is 65.1 Å². The van der Waals surface area contributed by atoms with Crippen LogP contribution in [0.4, 0.5) is 8.78 Å². The molecular formula is C7H12F2NO. The second kappa shape index (κ2) is 3.45. The van der Waals surface area contributed by atoms with E-state index in [1.54, 1.807) is 4.90 Å². The maximum atomic E-state index is 12.3. The average Bonchev–Trinajstić information content (AvgIpc) is 1.85. The summed E-state index contributed by atoms with van der Waals surface area (Å²) in [4.78, 5) is 1.66. The van der Waals surface area contributed by atoms with Crippen LogP contribution in [0, 0.1) is 6.92 Å². The van der Waals surface area contributed by atoms with E-state index in [1.165, 1.54) is 0 Å². The molecule has 1 aliphatic heterocycles. The Morgan fingerprint density at radius 2 is 1.91 bits per heavy atom. The van der Waals surface area contributed by atoms with Crippen LogP contribution in [0.5, 0.6) is 0 Å². The first-order valence-corrected chi connectivity index (χ1v) is 3.61. The zero-order chi connectivity index (χ0) is 8.32. The predicted molar refractivity (Wildman–Crippen MR) is 37.6 cm³/mol. The molecule has 0 aromatic rings. The number of hydrogen-bond donors (Lipinski definition) is 0. The zero-order valence-electron chi connectivity index (χ0n) is 6.35. The van der Waals surface area contributed by atoms with E-state index in [0.29, 0.717) is 26.3 Å². The lowest BCUT2D eigenvalue weighted by atomic mass is 10.3. The molecule has 4 heteroatoms. The van der Waals surface area contributed by atoms with Crippen LogP contribution in [-0.4, -0.2) is 43.7 Å². The summed E-state index contributed by atoms with van der Waals surface area (Å²) in [7, 11) is 0. The van der Waals surface area contributed by atoms with Gasteiger partial charge < -0.3 is 4.74 Å². The molecule has 0 atom stereocenters. The number of nitrogens with zero attached hydrogens (tertiary/aromatic N) is 1. The van der Waals surface area contributed by atoms with Gasteiger partial charge in [-0.05, 0) is 0 Å². The normalized spacial score (nSPS) is 22.1. The minimum absolute atomic E-state index is 0.254. The number of ether oxygens (including phenoxy) is 1. The molecule has 1 rings (SSSR count). The average molecular weight is 164 g/mol. The Kier molecular flexibility index (Phi) is 2.78. The van der Waals surface area contributed by atoms with Gasteiger partial charge in [0.1, 0.15) is 0 Å². The molecule has 65 valence electrons. The molecule has 11 heavy (non-hydrogen) atoms. The predicted octanol–water partition coefficient (Wildman–Crippen LogP) is 0.788.